The van der Waals surface area contributed by atoms with Crippen molar-refractivity contribution in [2.24, 2.45) is 9.54 Å². The average Bonchev–Trinajstić information content (AvgIpc) is 2.76. The van der Waals surface area contributed by atoms with E-state index in [-0.39, 0.29) is 22.4 Å². The molecular weight excluding hydrogens is 546 g/mol. The van der Waals surface area contributed by atoms with Gasteiger partial charge in [-0.25, -0.2) is 8.42 Å². The smallest absolute Gasteiger partial charge is 0.296 e. The molecule has 0 unspecified atom stereocenters. The fraction of sp³-hybridized carbons (Fsp3) is 0.455. The zero-order valence-electron chi connectivity index (χ0n) is 20.8. The second-order valence-corrected chi connectivity index (χ2v) is 12.8. The molecule has 0 aliphatic heterocycles. The molecular formula is C22H28F6N4O3S2. The number of aldehydes is 1. The van der Waals surface area contributed by atoms with Gasteiger partial charge >= 0.3 is 12.4 Å². The summed E-state index contributed by atoms with van der Waals surface area (Å²) in [5.74, 6) is 0. The molecule has 0 aromatic carbocycles. The molecule has 2 aromatic heterocycles. The van der Waals surface area contributed by atoms with Crippen molar-refractivity contribution in [1.82, 2.24) is 9.97 Å². The third-order valence-electron chi connectivity index (χ3n) is 3.75. The maximum Gasteiger partial charge on any atom is 0.416 e. The molecule has 7 nitrogen and oxygen atoms in total. The van der Waals surface area contributed by atoms with Gasteiger partial charge in [-0.05, 0) is 65.8 Å². The van der Waals surface area contributed by atoms with Crippen LogP contribution in [0.2, 0.25) is 0 Å². The zero-order valence-corrected chi connectivity index (χ0v) is 22.5. The SMILES string of the molecule is CC(C)(C)[S@@](=O)N=Cc1cc(C(F)(F)F)ccn1.CC(C)(C)[S@](N)=O.O=Cc1cc(C(F)(F)F)ccn1. The van der Waals surface area contributed by atoms with Crippen LogP contribution in [-0.2, 0) is 34.3 Å². The van der Waals surface area contributed by atoms with Crippen LogP contribution in [0.5, 0.6) is 0 Å². The molecule has 0 amide bonds. The van der Waals surface area contributed by atoms with Crippen LogP contribution in [0.1, 0.15) is 68.9 Å². The summed E-state index contributed by atoms with van der Waals surface area (Å²) in [4.78, 5) is 17.2. The van der Waals surface area contributed by atoms with E-state index in [1.54, 1.807) is 20.8 Å². The van der Waals surface area contributed by atoms with E-state index in [0.29, 0.717) is 6.07 Å². The maximum atomic E-state index is 12.4. The number of nitrogens with zero attached hydrogens (tertiary/aromatic N) is 3. The first-order valence-corrected chi connectivity index (χ1v) is 12.5. The summed E-state index contributed by atoms with van der Waals surface area (Å²) in [5.41, 5.74) is -1.85. The van der Waals surface area contributed by atoms with Gasteiger partial charge in [0.2, 0.25) is 0 Å². The lowest BCUT2D eigenvalue weighted by atomic mass is 10.2. The van der Waals surface area contributed by atoms with E-state index in [1.165, 1.54) is 0 Å². The number of rotatable bonds is 3. The topological polar surface area (TPSA) is 115 Å². The highest BCUT2D eigenvalue weighted by Gasteiger charge is 2.31. The number of nitrogens with two attached hydrogens (primary N) is 1. The molecule has 0 fully saturated rings. The molecule has 2 rings (SSSR count). The number of pyridine rings is 2. The number of carbonyl (C=O) groups is 1. The monoisotopic (exact) mass is 574 g/mol. The van der Waals surface area contributed by atoms with E-state index in [2.05, 4.69) is 14.4 Å². The molecule has 2 atom stereocenters. The number of hydrogen-bond donors (Lipinski definition) is 1. The molecule has 0 aliphatic carbocycles. The van der Waals surface area contributed by atoms with Crippen LogP contribution in [0.4, 0.5) is 26.3 Å². The molecule has 0 saturated heterocycles. The highest BCUT2D eigenvalue weighted by molar-refractivity contribution is 7.85. The van der Waals surface area contributed by atoms with Gasteiger partial charge in [0.25, 0.3) is 0 Å². The first kappa shape index (κ1) is 34.5. The van der Waals surface area contributed by atoms with Crippen molar-refractivity contribution in [3.8, 4) is 0 Å². The number of alkyl halides is 6. The van der Waals surface area contributed by atoms with Crippen molar-refractivity contribution in [1.29, 1.82) is 0 Å². The van der Waals surface area contributed by atoms with Gasteiger partial charge in [-0.2, -0.15) is 30.7 Å². The Hall–Kier alpha value is -2.52. The largest absolute Gasteiger partial charge is 0.416 e. The van der Waals surface area contributed by atoms with Gasteiger partial charge in [0.05, 0.1) is 43.5 Å². The molecule has 0 radical (unpaired) electrons. The van der Waals surface area contributed by atoms with Gasteiger partial charge in [-0.1, -0.05) is 0 Å². The Balaban J connectivity index is 0.000000586. The predicted octanol–water partition coefficient (Wildman–Crippen LogP) is 5.30. The zero-order chi connectivity index (χ0) is 29.2. The minimum atomic E-state index is -4.42. The van der Waals surface area contributed by atoms with Gasteiger partial charge in [-0.3, -0.25) is 19.9 Å². The third kappa shape index (κ3) is 14.1. The number of halogens is 6. The maximum absolute atomic E-state index is 12.4. The van der Waals surface area contributed by atoms with Crippen molar-refractivity contribution >= 4 is 34.5 Å². The first-order chi connectivity index (χ1) is 16.6. The average molecular weight is 575 g/mol. The minimum absolute atomic E-state index is 0.0300. The van der Waals surface area contributed by atoms with Gasteiger partial charge in [0.1, 0.15) is 16.7 Å². The summed E-state index contributed by atoms with van der Waals surface area (Å²) in [6.45, 7) is 10.7. The van der Waals surface area contributed by atoms with Crippen LogP contribution in [0, 0.1) is 0 Å². The molecule has 2 heterocycles. The lowest BCUT2D eigenvalue weighted by molar-refractivity contribution is -0.138. The fourth-order valence-corrected chi connectivity index (χ4v) is 2.16. The van der Waals surface area contributed by atoms with E-state index in [4.69, 9.17) is 5.14 Å². The summed E-state index contributed by atoms with van der Waals surface area (Å²) >= 11 is 0. The minimum Gasteiger partial charge on any atom is -0.296 e. The molecule has 208 valence electrons. The Bertz CT molecular complexity index is 1110. The Morgan fingerprint density at radius 2 is 1.16 bits per heavy atom. The van der Waals surface area contributed by atoms with Crippen molar-refractivity contribution in [2.75, 3.05) is 0 Å². The lowest BCUT2D eigenvalue weighted by Crippen LogP contribution is -2.27. The van der Waals surface area contributed by atoms with E-state index in [0.717, 1.165) is 36.8 Å². The Morgan fingerprint density at radius 1 is 0.784 bits per heavy atom. The van der Waals surface area contributed by atoms with Crippen LogP contribution in [0.25, 0.3) is 0 Å². The summed E-state index contributed by atoms with van der Waals surface area (Å²) in [6.07, 6.45) is -5.47. The molecule has 0 aliphatic rings. The Labute approximate surface area is 216 Å². The standard InChI is InChI=1S/C11H13F3N2OS.C7H4F3NO.C4H11NOS/c1-10(2,3)18(17)16-7-9-6-8(4-5-15-9)11(12,13)14;8-7(9,10)5-1-2-11-6(3-5)4-12;1-4(2,3)7(5)6/h4-7H,1-3H3;1-4H;5H2,1-3H3/t18-;;7-/m1.1/s1. The molecule has 15 heteroatoms. The number of hydrogen-bond acceptors (Lipinski definition) is 5. The summed E-state index contributed by atoms with van der Waals surface area (Å²) in [7, 11) is -2.70. The second kappa shape index (κ2) is 13.9. The molecule has 0 saturated carbocycles. The summed E-state index contributed by atoms with van der Waals surface area (Å²) < 4.78 is 98.0. The van der Waals surface area contributed by atoms with Crippen molar-refractivity contribution in [3.63, 3.8) is 0 Å². The molecule has 0 bridgehead atoms. The normalized spacial score (nSPS) is 14.1. The summed E-state index contributed by atoms with van der Waals surface area (Å²) in [6, 6.07) is 3.25. The Kier molecular flexibility index (Phi) is 12.9. The van der Waals surface area contributed by atoms with Gasteiger partial charge in [-0.15, -0.1) is 0 Å². The Morgan fingerprint density at radius 3 is 1.49 bits per heavy atom. The van der Waals surface area contributed by atoms with Crippen LogP contribution in [0.3, 0.4) is 0 Å². The van der Waals surface area contributed by atoms with E-state index in [9.17, 15) is 39.6 Å². The predicted molar refractivity (Wildman–Crippen MR) is 131 cm³/mol. The molecule has 2 N–H and O–H groups in total. The molecule has 37 heavy (non-hydrogen) atoms. The third-order valence-corrected chi connectivity index (χ3v) is 6.30. The van der Waals surface area contributed by atoms with Gasteiger partial charge in [0, 0.05) is 12.4 Å². The van der Waals surface area contributed by atoms with E-state index < -0.39 is 50.2 Å². The molecule has 0 spiro atoms. The van der Waals surface area contributed by atoms with Crippen molar-refractivity contribution in [2.45, 2.75) is 63.4 Å². The summed E-state index contributed by atoms with van der Waals surface area (Å²) in [5, 5.41) is 5.04. The highest BCUT2D eigenvalue weighted by atomic mass is 32.2. The second-order valence-electron chi connectivity index (χ2n) is 9.06. The van der Waals surface area contributed by atoms with Gasteiger partial charge in [0.15, 0.2) is 6.29 Å². The van der Waals surface area contributed by atoms with Crippen LogP contribution < -0.4 is 5.14 Å². The van der Waals surface area contributed by atoms with Crippen molar-refractivity contribution in [3.05, 3.63) is 59.2 Å². The van der Waals surface area contributed by atoms with E-state index in [1.807, 2.05) is 20.8 Å². The highest BCUT2D eigenvalue weighted by Crippen LogP contribution is 2.29. The van der Waals surface area contributed by atoms with Crippen LogP contribution in [0.15, 0.2) is 41.1 Å². The number of aromatic nitrogens is 2. The molecule has 2 aromatic rings. The quantitative estimate of drug-likeness (QED) is 0.303. The van der Waals surface area contributed by atoms with E-state index >= 15 is 0 Å². The van der Waals surface area contributed by atoms with Gasteiger partial charge < -0.3 is 0 Å². The number of carbonyl (C=O) groups excluding carboxylic acids is 1. The van der Waals surface area contributed by atoms with Crippen LogP contribution >= 0.6 is 0 Å². The van der Waals surface area contributed by atoms with Crippen LogP contribution in [-0.4, -0.2) is 40.4 Å². The first-order valence-electron chi connectivity index (χ1n) is 10.2. The van der Waals surface area contributed by atoms with Crippen molar-refractivity contribution < 1.29 is 39.6 Å². The fourth-order valence-electron chi connectivity index (χ4n) is 1.64. The lowest BCUT2D eigenvalue weighted by Gasteiger charge is -2.12.